The number of ether oxygens (including phenoxy) is 2. The van der Waals surface area contributed by atoms with Gasteiger partial charge in [-0.05, 0) is 62.6 Å². The molecule has 1 N–H and O–H groups in total. The third kappa shape index (κ3) is 5.16. The van der Waals surface area contributed by atoms with Gasteiger partial charge in [-0.15, -0.1) is 0 Å². The quantitative estimate of drug-likeness (QED) is 0.590. The fourth-order valence-corrected chi connectivity index (χ4v) is 3.86. The lowest BCUT2D eigenvalue weighted by molar-refractivity contribution is -0.166. The summed E-state index contributed by atoms with van der Waals surface area (Å²) in [6.45, 7) is -9.74. The minimum Gasteiger partial charge on any atom is -0.462 e. The van der Waals surface area contributed by atoms with Crippen LogP contribution in [0.3, 0.4) is 0 Å². The molecule has 1 saturated heterocycles. The lowest BCUT2D eigenvalue weighted by Crippen LogP contribution is -2.43. The largest absolute Gasteiger partial charge is 0.462 e. The fraction of sp³-hybridized carbons (Fsp3) is 0.760. The van der Waals surface area contributed by atoms with Crippen LogP contribution in [0.5, 0.6) is 0 Å². The summed E-state index contributed by atoms with van der Waals surface area (Å²) in [4.78, 5) is 26.1. The van der Waals surface area contributed by atoms with E-state index in [0.717, 1.165) is 6.92 Å². The van der Waals surface area contributed by atoms with E-state index in [0.29, 0.717) is 6.92 Å². The molecule has 5 heteroatoms. The number of rotatable bonds is 7. The molecule has 1 aliphatic heterocycles. The molecule has 3 aliphatic rings. The summed E-state index contributed by atoms with van der Waals surface area (Å²) in [6.07, 6.45) is -12.7. The monoisotopic (exact) mass is 437 g/mol. The highest BCUT2D eigenvalue weighted by atomic mass is 16.6. The van der Waals surface area contributed by atoms with Crippen LogP contribution in [-0.2, 0) is 19.1 Å². The average Bonchev–Trinajstić information content (AvgIpc) is 2.93. The summed E-state index contributed by atoms with van der Waals surface area (Å²) in [5.74, 6) is -12.1. The van der Waals surface area contributed by atoms with Gasteiger partial charge in [0.2, 0.25) is 1.43 Å². The van der Waals surface area contributed by atoms with Crippen LogP contribution in [0.4, 0.5) is 0 Å². The molecule has 3 rings (SSSR count). The second-order valence-electron chi connectivity index (χ2n) is 7.95. The Kier molecular flexibility index (Phi) is 2.69. The molecule has 0 amide bonds. The number of allylic oxidation sites excluding steroid dienone is 3. The van der Waals surface area contributed by atoms with Crippen LogP contribution in [0, 0.1) is 29.0 Å². The van der Waals surface area contributed by atoms with E-state index >= 15 is 0 Å². The van der Waals surface area contributed by atoms with Crippen LogP contribution in [0.25, 0.3) is 0 Å². The summed E-state index contributed by atoms with van der Waals surface area (Å²) in [6, 6.07) is -3.04. The zero-order chi connectivity index (χ0) is 38.3. The van der Waals surface area contributed by atoms with Gasteiger partial charge in [-0.25, -0.2) is 0 Å². The van der Waals surface area contributed by atoms with Gasteiger partial charge in [0, 0.05) is 32.9 Å². The number of hydrogen-bond donors (Lipinski definition) is 1. The number of cyclic esters (lactones) is 1. The van der Waals surface area contributed by atoms with Crippen molar-refractivity contribution in [3.63, 3.8) is 0 Å². The molecule has 0 aromatic rings. The summed E-state index contributed by atoms with van der Waals surface area (Å²) >= 11 is 0. The Morgan fingerprint density at radius 3 is 3.20 bits per heavy atom. The van der Waals surface area contributed by atoms with Crippen molar-refractivity contribution < 1.29 is 48.8 Å². The molecule has 8 atom stereocenters. The molecular formula is C25H38O5. The molecule has 3 unspecified atom stereocenters. The van der Waals surface area contributed by atoms with E-state index in [4.69, 9.17) is 35.6 Å². The van der Waals surface area contributed by atoms with Crippen LogP contribution < -0.4 is 0 Å². The van der Waals surface area contributed by atoms with Crippen LogP contribution in [0.2, 0.25) is 0 Å². The van der Waals surface area contributed by atoms with Crippen LogP contribution in [0.1, 0.15) is 97.5 Å². The SMILES string of the molecule is [2H]O[C@H]1CC(=O)OC(CC[C@@H]2[C@@H]3C(=C([2H])[C@]([2H])(C([2H])([2H])[2H])C([2H])([2H])C3OC(=O)C(C)(C([2H])([2H])[2H])C([2H])([2H])C([2H])([2H])[2H])C([2H])=C([2H])[C@]2([2H])C)C1. The number of fused-ring (bicyclic) bond motifs is 1. The van der Waals surface area contributed by atoms with E-state index < -0.39 is 116 Å². The van der Waals surface area contributed by atoms with Crippen molar-refractivity contribution >= 4 is 11.9 Å². The first-order chi connectivity index (χ1) is 21.8. The van der Waals surface area contributed by atoms with Crippen molar-refractivity contribution in [1.29, 1.82) is 1.43 Å². The Morgan fingerprint density at radius 1 is 1.60 bits per heavy atom. The Balaban J connectivity index is 2.34. The smallest absolute Gasteiger partial charge is 0.311 e. The zero-order valence-electron chi connectivity index (χ0n) is 35.8. The Bertz CT molecular complexity index is 1400. The molecule has 30 heavy (non-hydrogen) atoms. The maximum atomic E-state index is 14.0. The maximum Gasteiger partial charge on any atom is 0.311 e. The minimum absolute atomic E-state index is 0.0102. The highest BCUT2D eigenvalue weighted by Crippen LogP contribution is 2.45. The van der Waals surface area contributed by atoms with E-state index in [1.54, 1.807) is 0 Å². The number of carbonyl (C=O) groups excluding carboxylic acids is 2. The third-order valence-corrected chi connectivity index (χ3v) is 5.50. The Morgan fingerprint density at radius 2 is 2.47 bits per heavy atom. The van der Waals surface area contributed by atoms with Gasteiger partial charge in [0.15, 0.2) is 0 Å². The van der Waals surface area contributed by atoms with Crippen LogP contribution in [0.15, 0.2) is 23.7 Å². The molecule has 1 fully saturated rings. The van der Waals surface area contributed by atoms with Crippen molar-refractivity contribution in [3.8, 4) is 0 Å². The van der Waals surface area contributed by atoms with Crippen molar-refractivity contribution in [3.05, 3.63) is 23.7 Å². The van der Waals surface area contributed by atoms with E-state index in [2.05, 4.69) is 5.11 Å². The first-order valence-corrected chi connectivity index (χ1v) is 9.70. The number of aliphatic hydroxyl groups excluding tert-OH is 1. The molecule has 1 heterocycles. The molecular weight excluding hydrogens is 380 g/mol. The van der Waals surface area contributed by atoms with Crippen LogP contribution >= 0.6 is 0 Å². The predicted octanol–water partition coefficient (Wildman–Crippen LogP) is 4.59. The number of aliphatic hydroxyl groups is 1. The summed E-state index contributed by atoms with van der Waals surface area (Å²) in [5, 5.41) is 4.53. The highest BCUT2D eigenvalue weighted by molar-refractivity contribution is 5.76. The molecule has 0 aromatic heterocycles. The molecule has 168 valence electrons. The van der Waals surface area contributed by atoms with E-state index in [9.17, 15) is 9.59 Å². The number of hydrogen-bond acceptors (Lipinski definition) is 5. The van der Waals surface area contributed by atoms with Gasteiger partial charge in [-0.1, -0.05) is 38.8 Å². The van der Waals surface area contributed by atoms with Crippen LogP contribution in [-0.4, -0.2) is 36.8 Å². The van der Waals surface area contributed by atoms with E-state index in [1.807, 2.05) is 0 Å². The first-order valence-electron chi connectivity index (χ1n) is 19.1. The van der Waals surface area contributed by atoms with Gasteiger partial charge < -0.3 is 14.6 Å². The van der Waals surface area contributed by atoms with Gasteiger partial charge in [-0.2, -0.15) is 0 Å². The van der Waals surface area contributed by atoms with Gasteiger partial charge in [0.25, 0.3) is 0 Å². The van der Waals surface area contributed by atoms with Gasteiger partial charge in [0.1, 0.15) is 12.2 Å². The molecule has 2 aliphatic carbocycles. The standard InChI is InChI=1S/C25H38O5/c1-6-25(4,5)24(28)30-21-12-15(2)11-17-8-7-16(3)20(23(17)21)10-9-19-13-18(26)14-22(27)29-19/h7-8,11,15-16,18-21,23,26H,6,9-10,12-14H2,1-5H3/t15-,16-,18+,19?,20-,21?,23-/m0/s1/i1D3,2D3,4D3,6D2,7D,8D,11D,12D2,15D,16D,26D/t15-,16-,18+,19?,20-,21?,23-,25?. The molecule has 0 saturated carbocycles. The molecule has 0 radical (unpaired) electrons. The molecule has 0 bridgehead atoms. The van der Waals surface area contributed by atoms with Crippen molar-refractivity contribution in [2.75, 3.05) is 0 Å². The second-order valence-corrected chi connectivity index (χ2v) is 7.95. The zero-order valence-corrected chi connectivity index (χ0v) is 16.8. The predicted molar refractivity (Wildman–Crippen MR) is 115 cm³/mol. The lowest BCUT2D eigenvalue weighted by atomic mass is 9.65. The second kappa shape index (κ2) is 9.25. The summed E-state index contributed by atoms with van der Waals surface area (Å²) in [7, 11) is 0. The number of esters is 2. The van der Waals surface area contributed by atoms with Crippen molar-refractivity contribution in [2.45, 2.75) is 91.1 Å². The molecule has 5 nitrogen and oxygen atoms in total. The molecule has 0 spiro atoms. The average molecular weight is 438 g/mol. The maximum absolute atomic E-state index is 14.0. The van der Waals surface area contributed by atoms with E-state index in [1.165, 1.54) is 0 Å². The lowest BCUT2D eigenvalue weighted by Gasteiger charge is -2.44. The Hall–Kier alpha value is -1.62. The topological polar surface area (TPSA) is 72.8 Å². The van der Waals surface area contributed by atoms with E-state index in [-0.39, 0.29) is 25.7 Å². The summed E-state index contributed by atoms with van der Waals surface area (Å²) < 4.78 is 168. The Labute approximate surface area is 207 Å². The van der Waals surface area contributed by atoms with Gasteiger partial charge >= 0.3 is 11.9 Å². The normalized spacial score (nSPS) is 56.7. The third-order valence-electron chi connectivity index (χ3n) is 5.50. The first kappa shape index (κ1) is 8.73. The summed E-state index contributed by atoms with van der Waals surface area (Å²) in [5.41, 5.74) is -4.34. The van der Waals surface area contributed by atoms with Gasteiger partial charge in [0.05, 0.1) is 22.1 Å². The van der Waals surface area contributed by atoms with Crippen molar-refractivity contribution in [1.82, 2.24) is 0 Å². The van der Waals surface area contributed by atoms with Gasteiger partial charge in [-0.3, -0.25) is 9.59 Å². The van der Waals surface area contributed by atoms with Crippen molar-refractivity contribution in [2.24, 2.45) is 29.0 Å². The number of carbonyl (C=O) groups is 2. The minimum atomic E-state index is -3.88. The highest BCUT2D eigenvalue weighted by Gasteiger charge is 2.43. The fourth-order valence-electron chi connectivity index (χ4n) is 3.86. The molecule has 0 aromatic carbocycles.